The number of hydrogen-bond donors (Lipinski definition) is 7. The third-order valence-electron chi connectivity index (χ3n) is 6.97. The van der Waals surface area contributed by atoms with Gasteiger partial charge in [0, 0.05) is 18.2 Å². The summed E-state index contributed by atoms with van der Waals surface area (Å²) in [6, 6.07) is 13.6. The van der Waals surface area contributed by atoms with E-state index >= 15 is 0 Å². The summed E-state index contributed by atoms with van der Waals surface area (Å²) >= 11 is 0. The first-order valence-electron chi connectivity index (χ1n) is 13.1. The highest BCUT2D eigenvalue weighted by Gasteiger charge is 2.49. The van der Waals surface area contributed by atoms with Gasteiger partial charge in [-0.1, -0.05) is 24.3 Å². The molecule has 7 N–H and O–H groups in total. The van der Waals surface area contributed by atoms with Crippen molar-refractivity contribution < 1.29 is 64.3 Å². The van der Waals surface area contributed by atoms with Crippen molar-refractivity contribution in [2.45, 2.75) is 42.9 Å². The van der Waals surface area contributed by atoms with Gasteiger partial charge < -0.3 is 54.7 Å². The van der Waals surface area contributed by atoms with E-state index < -0.39 is 67.0 Å². The number of hydrogen-bond acceptors (Lipinski definition) is 13. The standard InChI is InChI=1S/C30H28O13/c31-16-6-1-14(2-7-16)3-10-22(35)40-13-21-24(36)26(38)27(39)30(42-21)43-29-25(37)23-19(34)11-18(33)12-20(23)41-28(29)15-4-8-17(32)9-5-15/h1-12,21,24,26-34,36,38-39H,13H2/b10-3+/t21?,24-,26?,27?,28?,29?,30+/m1/s1. The van der Waals surface area contributed by atoms with E-state index in [0.717, 1.165) is 18.2 Å². The lowest BCUT2D eigenvalue weighted by Gasteiger charge is -2.42. The number of aliphatic hydroxyl groups excluding tert-OH is 3. The maximum absolute atomic E-state index is 13.6. The number of benzene rings is 3. The molecule has 0 amide bonds. The molecule has 0 saturated carbocycles. The number of ketones is 1. The minimum Gasteiger partial charge on any atom is -0.508 e. The summed E-state index contributed by atoms with van der Waals surface area (Å²) in [7, 11) is 0. The lowest BCUT2D eigenvalue weighted by atomic mass is 9.92. The molecule has 5 rings (SSSR count). The van der Waals surface area contributed by atoms with Crippen LogP contribution >= 0.6 is 0 Å². The molecule has 0 radical (unpaired) electrons. The predicted octanol–water partition coefficient (Wildman–Crippen LogP) is 1.27. The molecular formula is C30H28O13. The molecule has 0 bridgehead atoms. The number of ether oxygens (including phenoxy) is 4. The van der Waals surface area contributed by atoms with Crippen molar-refractivity contribution >= 4 is 17.8 Å². The van der Waals surface area contributed by atoms with Gasteiger partial charge in [0.05, 0.1) is 0 Å². The van der Waals surface area contributed by atoms with Crippen molar-refractivity contribution in [3.8, 4) is 28.7 Å². The maximum atomic E-state index is 13.6. The summed E-state index contributed by atoms with van der Waals surface area (Å²) in [5.41, 5.74) is 0.622. The number of rotatable bonds is 7. The molecule has 0 spiro atoms. The molecule has 0 aromatic heterocycles. The second kappa shape index (κ2) is 12.3. The number of aromatic hydroxyl groups is 4. The van der Waals surface area contributed by atoms with Gasteiger partial charge in [-0.25, -0.2) is 4.79 Å². The van der Waals surface area contributed by atoms with Crippen molar-refractivity contribution in [2.24, 2.45) is 0 Å². The highest BCUT2D eigenvalue weighted by molar-refractivity contribution is 6.05. The van der Waals surface area contributed by atoms with E-state index in [9.17, 15) is 45.3 Å². The van der Waals surface area contributed by atoms with Crippen LogP contribution < -0.4 is 4.74 Å². The Balaban J connectivity index is 1.34. The van der Waals surface area contributed by atoms with Gasteiger partial charge in [-0.3, -0.25) is 4.79 Å². The van der Waals surface area contributed by atoms with Gasteiger partial charge in [0.25, 0.3) is 0 Å². The van der Waals surface area contributed by atoms with Crippen molar-refractivity contribution in [3.63, 3.8) is 0 Å². The van der Waals surface area contributed by atoms with Crippen molar-refractivity contribution in [1.82, 2.24) is 0 Å². The number of phenolic OH excluding ortho intramolecular Hbond substituents is 4. The number of esters is 1. The van der Waals surface area contributed by atoms with E-state index in [-0.39, 0.29) is 28.6 Å². The highest BCUT2D eigenvalue weighted by atomic mass is 16.7. The van der Waals surface area contributed by atoms with Gasteiger partial charge in [-0.2, -0.15) is 0 Å². The van der Waals surface area contributed by atoms with Crippen LogP contribution in [0.1, 0.15) is 27.6 Å². The van der Waals surface area contributed by atoms with Gasteiger partial charge in [-0.05, 0) is 41.5 Å². The van der Waals surface area contributed by atoms with E-state index in [1.54, 1.807) is 12.1 Å². The lowest BCUT2D eigenvalue weighted by molar-refractivity contribution is -0.312. The number of Topliss-reactive ketones (excluding diaryl/α,β-unsaturated/α-hetero) is 1. The van der Waals surface area contributed by atoms with E-state index in [0.29, 0.717) is 11.1 Å². The molecule has 2 aliphatic heterocycles. The van der Waals surface area contributed by atoms with Crippen LogP contribution in [0, 0.1) is 0 Å². The number of fused-ring (bicyclic) bond motifs is 1. The van der Waals surface area contributed by atoms with Crippen molar-refractivity contribution in [2.75, 3.05) is 6.61 Å². The number of carbonyl (C=O) groups excluding carboxylic acids is 2. The van der Waals surface area contributed by atoms with Crippen molar-refractivity contribution in [1.29, 1.82) is 0 Å². The van der Waals surface area contributed by atoms with Crippen LogP contribution in [0.25, 0.3) is 6.08 Å². The molecule has 3 aromatic carbocycles. The third-order valence-corrected chi connectivity index (χ3v) is 6.97. The normalized spacial score (nSPS) is 27.0. The fourth-order valence-corrected chi connectivity index (χ4v) is 4.72. The van der Waals surface area contributed by atoms with Gasteiger partial charge in [0.2, 0.25) is 5.78 Å². The van der Waals surface area contributed by atoms with Gasteiger partial charge in [0.15, 0.2) is 18.5 Å². The molecule has 2 aliphatic rings. The Morgan fingerprint density at radius 3 is 2.16 bits per heavy atom. The fraction of sp³-hybridized carbons (Fsp3) is 0.267. The second-order valence-corrected chi connectivity index (χ2v) is 9.96. The average molecular weight is 597 g/mol. The molecule has 1 saturated heterocycles. The summed E-state index contributed by atoms with van der Waals surface area (Å²) in [5.74, 6) is -2.76. The number of carbonyl (C=O) groups is 2. The van der Waals surface area contributed by atoms with Gasteiger partial charge in [0.1, 0.15) is 65.3 Å². The first-order valence-corrected chi connectivity index (χ1v) is 13.1. The maximum Gasteiger partial charge on any atom is 0.330 e. The third kappa shape index (κ3) is 6.40. The topological polar surface area (TPSA) is 213 Å². The smallest absolute Gasteiger partial charge is 0.330 e. The van der Waals surface area contributed by atoms with E-state index in [1.165, 1.54) is 42.5 Å². The molecule has 7 atom stereocenters. The summed E-state index contributed by atoms with van der Waals surface area (Å²) < 4.78 is 22.5. The molecule has 1 fully saturated rings. The van der Waals surface area contributed by atoms with Crippen LogP contribution in [0.2, 0.25) is 0 Å². The molecule has 43 heavy (non-hydrogen) atoms. The fourth-order valence-electron chi connectivity index (χ4n) is 4.72. The summed E-state index contributed by atoms with van der Waals surface area (Å²) in [5, 5.41) is 71.0. The van der Waals surface area contributed by atoms with E-state index in [2.05, 4.69) is 0 Å². The van der Waals surface area contributed by atoms with Crippen LogP contribution in [0.3, 0.4) is 0 Å². The Morgan fingerprint density at radius 2 is 1.49 bits per heavy atom. The summed E-state index contributed by atoms with van der Waals surface area (Å²) in [4.78, 5) is 25.9. The summed E-state index contributed by atoms with van der Waals surface area (Å²) in [6.07, 6.45) is -8.83. The predicted molar refractivity (Wildman–Crippen MR) is 145 cm³/mol. The molecule has 0 aliphatic carbocycles. The molecule has 13 heteroatoms. The molecule has 226 valence electrons. The van der Waals surface area contributed by atoms with Crippen LogP contribution in [-0.2, 0) is 19.0 Å². The number of phenols is 4. The number of aliphatic hydroxyl groups is 3. The van der Waals surface area contributed by atoms with Crippen LogP contribution in [0.4, 0.5) is 0 Å². The molecule has 3 aromatic rings. The largest absolute Gasteiger partial charge is 0.508 e. The first-order chi connectivity index (χ1) is 20.5. The molecule has 5 unspecified atom stereocenters. The average Bonchev–Trinajstić information content (AvgIpc) is 2.97. The second-order valence-electron chi connectivity index (χ2n) is 9.96. The van der Waals surface area contributed by atoms with Crippen molar-refractivity contribution in [3.05, 3.63) is 83.4 Å². The van der Waals surface area contributed by atoms with Gasteiger partial charge >= 0.3 is 5.97 Å². The van der Waals surface area contributed by atoms with Crippen LogP contribution in [-0.4, -0.2) is 90.9 Å². The Morgan fingerprint density at radius 1 is 0.837 bits per heavy atom. The van der Waals surface area contributed by atoms with Crippen LogP contribution in [0.5, 0.6) is 28.7 Å². The Hall–Kier alpha value is -4.66. The summed E-state index contributed by atoms with van der Waals surface area (Å²) in [6.45, 7) is -0.567. The minimum atomic E-state index is -1.86. The zero-order chi connectivity index (χ0) is 30.8. The van der Waals surface area contributed by atoms with Gasteiger partial charge in [-0.15, -0.1) is 0 Å². The quantitative estimate of drug-likeness (QED) is 0.151. The van der Waals surface area contributed by atoms with E-state index in [1.807, 2.05) is 0 Å². The Labute approximate surface area is 244 Å². The van der Waals surface area contributed by atoms with Crippen LogP contribution in [0.15, 0.2) is 66.7 Å². The molecular weight excluding hydrogens is 568 g/mol. The lowest BCUT2D eigenvalue weighted by Crippen LogP contribution is -2.60. The highest BCUT2D eigenvalue weighted by Crippen LogP contribution is 2.43. The Bertz CT molecular complexity index is 1500. The zero-order valence-electron chi connectivity index (χ0n) is 22.3. The molecule has 13 nitrogen and oxygen atoms in total. The molecule has 2 heterocycles. The van der Waals surface area contributed by atoms with E-state index in [4.69, 9.17) is 18.9 Å². The first kappa shape index (κ1) is 29.8. The SMILES string of the molecule is O=C(/C=C/c1ccc(O)cc1)OCC1O[C@@H](OC2C(=O)c3c(O)cc(O)cc3OC2c2ccc(O)cc2)C(O)C(O)[C@@H]1O. The monoisotopic (exact) mass is 596 g/mol. The minimum absolute atomic E-state index is 0.0527. The zero-order valence-corrected chi connectivity index (χ0v) is 22.3. The Kier molecular flexibility index (Phi) is 8.52.